The van der Waals surface area contributed by atoms with Crippen LogP contribution in [0.3, 0.4) is 0 Å². The number of aliphatic hydroxyl groups is 1. The van der Waals surface area contributed by atoms with Crippen LogP contribution in [-0.2, 0) is 28.7 Å². The number of thioether (sulfide) groups is 3. The first-order valence-electron chi connectivity index (χ1n) is 13.8. The number of fused-ring (bicyclic) bond motifs is 1. The summed E-state index contributed by atoms with van der Waals surface area (Å²) in [5.41, 5.74) is 6.87. The zero-order valence-corrected chi connectivity index (χ0v) is 28.1. The van der Waals surface area contributed by atoms with E-state index in [1.54, 1.807) is 23.9 Å². The number of aliphatic hydroxyl groups excluding tert-OH is 1. The molecule has 1 saturated heterocycles. The molecule has 242 valence electrons. The van der Waals surface area contributed by atoms with Crippen LogP contribution in [0.4, 0.5) is 0 Å². The first kappa shape index (κ1) is 34.9. The normalized spacial score (nSPS) is 19.6. The summed E-state index contributed by atoms with van der Waals surface area (Å²) < 4.78 is 11.0. The number of nitrogens with zero attached hydrogens (tertiary/aromatic N) is 3. The molecule has 5 atom stereocenters. The molecule has 2 amide bonds. The lowest BCUT2D eigenvalue weighted by Crippen LogP contribution is -2.71. The maximum atomic E-state index is 13.4. The number of β-lactam (4-membered cyclic amide) rings is 1. The Hall–Kier alpha value is -2.96. The van der Waals surface area contributed by atoms with Crippen LogP contribution < -0.4 is 11.1 Å². The number of carbonyl (C=O) groups excluding carboxylic acids is 5. The molecule has 3 heterocycles. The molecule has 0 bridgehead atoms. The Labute approximate surface area is 276 Å². The zero-order valence-electron chi connectivity index (χ0n) is 24.9. The van der Waals surface area contributed by atoms with E-state index in [0.717, 1.165) is 5.01 Å². The van der Waals surface area contributed by atoms with Gasteiger partial charge in [0.1, 0.15) is 22.1 Å². The van der Waals surface area contributed by atoms with Crippen molar-refractivity contribution in [3.8, 4) is 0 Å². The summed E-state index contributed by atoms with van der Waals surface area (Å²) in [6.07, 6.45) is -0.617. The second-order valence-corrected chi connectivity index (χ2v) is 14.5. The van der Waals surface area contributed by atoms with Crippen molar-refractivity contribution in [1.29, 1.82) is 0 Å². The van der Waals surface area contributed by atoms with Gasteiger partial charge in [-0.2, -0.15) is 11.8 Å². The predicted molar refractivity (Wildman–Crippen MR) is 171 cm³/mol. The Balaban J connectivity index is 1.51. The van der Waals surface area contributed by atoms with Crippen molar-refractivity contribution in [1.82, 2.24) is 20.4 Å². The van der Waals surface area contributed by atoms with Crippen molar-refractivity contribution in [3.05, 3.63) is 51.7 Å². The van der Waals surface area contributed by atoms with Crippen molar-refractivity contribution < 1.29 is 38.6 Å². The van der Waals surface area contributed by atoms with Gasteiger partial charge in [0.2, 0.25) is 6.29 Å². The maximum Gasteiger partial charge on any atom is 0.358 e. The molecular formula is C28H33N5O8S4. The van der Waals surface area contributed by atoms with Gasteiger partial charge in [0.05, 0.1) is 6.04 Å². The van der Waals surface area contributed by atoms with Crippen LogP contribution in [0, 0.1) is 6.92 Å². The number of nitrogens with one attached hydrogen (secondary N) is 1. The summed E-state index contributed by atoms with van der Waals surface area (Å²) in [7, 11) is 0. The summed E-state index contributed by atoms with van der Waals surface area (Å²) in [5, 5.41) is 21.8. The van der Waals surface area contributed by atoms with Gasteiger partial charge >= 0.3 is 11.9 Å². The Bertz CT molecular complexity index is 1500. The number of aryl methyl sites for hydroxylation is 1. The highest BCUT2D eigenvalue weighted by atomic mass is 32.2. The lowest BCUT2D eigenvalue weighted by molar-refractivity contribution is -0.182. The van der Waals surface area contributed by atoms with Crippen LogP contribution in [-0.4, -0.2) is 97.0 Å². The van der Waals surface area contributed by atoms with Gasteiger partial charge in [0.15, 0.2) is 16.2 Å². The minimum absolute atomic E-state index is 0.00212. The fourth-order valence-corrected chi connectivity index (χ4v) is 8.43. The number of esters is 2. The standard InChI is InChI=1S/C28H33N5O8S4/c1-13-31-32-28(45-13)44-12-16-11-43-26-20(25(38)33(26)21(16)27(39)41-15(3)40-14(2)34)30-24(37)23(36)18-8-6-5-7-17(18)22(35)19(29)9-10-42-4/h5-8,15,19-20,23,26,36H,9-12,29H2,1-4H3,(H,30,37)/t15?,19-,20?,23?,26-/m0/s1. The SMILES string of the molecule is CSCC[C@H](N)C(=O)c1ccccc1C(O)C(=O)NC1C(=O)N2C(C(=O)OC(C)OC(C)=O)=C(CSc3nnc(C)s3)CS[C@@H]12. The lowest BCUT2D eigenvalue weighted by Gasteiger charge is -2.50. The summed E-state index contributed by atoms with van der Waals surface area (Å²) >= 11 is 5.63. The van der Waals surface area contributed by atoms with Gasteiger partial charge in [-0.1, -0.05) is 47.4 Å². The third-order valence-corrected chi connectivity index (χ3v) is 10.8. The third-order valence-electron chi connectivity index (χ3n) is 6.76. The number of ether oxygens (including phenoxy) is 2. The molecule has 4 N–H and O–H groups in total. The second kappa shape index (κ2) is 15.6. The average Bonchev–Trinajstić information content (AvgIpc) is 3.44. The van der Waals surface area contributed by atoms with Gasteiger partial charge < -0.3 is 25.6 Å². The molecule has 0 spiro atoms. The Morgan fingerprint density at radius 1 is 1.22 bits per heavy atom. The average molecular weight is 696 g/mol. The van der Waals surface area contributed by atoms with Gasteiger partial charge in [-0.3, -0.25) is 24.1 Å². The summed E-state index contributed by atoms with van der Waals surface area (Å²) in [5.74, 6) is -2.06. The minimum Gasteiger partial charge on any atom is -0.426 e. The van der Waals surface area contributed by atoms with Gasteiger partial charge in [-0.05, 0) is 30.9 Å². The number of hydrogen-bond donors (Lipinski definition) is 3. The van der Waals surface area contributed by atoms with Gasteiger partial charge in [-0.25, -0.2) is 4.79 Å². The van der Waals surface area contributed by atoms with Crippen molar-refractivity contribution in [2.75, 3.05) is 23.5 Å². The highest BCUT2D eigenvalue weighted by Gasteiger charge is 2.55. The first-order valence-corrected chi connectivity index (χ1v) is 18.0. The number of hydrogen-bond acceptors (Lipinski definition) is 15. The number of aromatic nitrogens is 2. The largest absolute Gasteiger partial charge is 0.426 e. The van der Waals surface area contributed by atoms with Crippen LogP contribution in [0.5, 0.6) is 0 Å². The minimum atomic E-state index is -1.75. The first-order chi connectivity index (χ1) is 21.4. The molecule has 0 radical (unpaired) electrons. The number of amides is 2. The van der Waals surface area contributed by atoms with E-state index in [9.17, 15) is 29.1 Å². The number of benzene rings is 1. The van der Waals surface area contributed by atoms with E-state index in [0.29, 0.717) is 33.6 Å². The topological polar surface area (TPSA) is 191 Å². The number of rotatable bonds is 14. The molecule has 2 aliphatic heterocycles. The van der Waals surface area contributed by atoms with Gasteiger partial charge in [0, 0.05) is 36.5 Å². The fraction of sp³-hybridized carbons (Fsp3) is 0.464. The molecule has 0 saturated carbocycles. The Morgan fingerprint density at radius 2 is 1.96 bits per heavy atom. The fourth-order valence-electron chi connectivity index (χ4n) is 4.64. The van der Waals surface area contributed by atoms with E-state index in [2.05, 4.69) is 15.5 Å². The molecule has 2 aromatic rings. The van der Waals surface area contributed by atoms with Crippen LogP contribution in [0.25, 0.3) is 0 Å². The molecule has 1 fully saturated rings. The molecule has 17 heteroatoms. The van der Waals surface area contributed by atoms with E-state index in [1.807, 2.05) is 13.2 Å². The van der Waals surface area contributed by atoms with E-state index in [1.165, 1.54) is 65.7 Å². The highest BCUT2D eigenvalue weighted by Crippen LogP contribution is 2.42. The molecule has 3 unspecified atom stereocenters. The van der Waals surface area contributed by atoms with Crippen LogP contribution in [0.2, 0.25) is 0 Å². The molecule has 1 aromatic heterocycles. The lowest BCUT2D eigenvalue weighted by atomic mass is 9.94. The van der Waals surface area contributed by atoms with Crippen molar-refractivity contribution in [2.45, 2.75) is 61.4 Å². The molecule has 45 heavy (non-hydrogen) atoms. The maximum absolute atomic E-state index is 13.4. The van der Waals surface area contributed by atoms with E-state index in [4.69, 9.17) is 15.2 Å². The number of carbonyl (C=O) groups is 5. The van der Waals surface area contributed by atoms with Crippen LogP contribution in [0.1, 0.15) is 47.3 Å². The highest BCUT2D eigenvalue weighted by molar-refractivity contribution is 8.01. The van der Waals surface area contributed by atoms with Crippen molar-refractivity contribution in [3.63, 3.8) is 0 Å². The Kier molecular flexibility index (Phi) is 12.1. The van der Waals surface area contributed by atoms with Gasteiger partial charge in [0.25, 0.3) is 11.8 Å². The quantitative estimate of drug-likeness (QED) is 0.0855. The molecule has 13 nitrogen and oxygen atoms in total. The summed E-state index contributed by atoms with van der Waals surface area (Å²) in [6.45, 7) is 4.38. The van der Waals surface area contributed by atoms with Crippen LogP contribution in [0.15, 0.2) is 39.9 Å². The van der Waals surface area contributed by atoms with E-state index >= 15 is 0 Å². The molecule has 4 rings (SSSR count). The van der Waals surface area contributed by atoms with Crippen LogP contribution >= 0.6 is 46.6 Å². The summed E-state index contributed by atoms with van der Waals surface area (Å²) in [6, 6.07) is 4.32. The molecular weight excluding hydrogens is 663 g/mol. The number of ketones is 1. The van der Waals surface area contributed by atoms with Gasteiger partial charge in [-0.15, -0.1) is 22.0 Å². The summed E-state index contributed by atoms with van der Waals surface area (Å²) in [4.78, 5) is 65.6. The van der Waals surface area contributed by atoms with Crippen molar-refractivity contribution in [2.24, 2.45) is 5.73 Å². The smallest absolute Gasteiger partial charge is 0.358 e. The monoisotopic (exact) mass is 695 g/mol. The molecule has 1 aromatic carbocycles. The Morgan fingerprint density at radius 3 is 2.62 bits per heavy atom. The molecule has 2 aliphatic rings. The second-order valence-electron chi connectivity index (χ2n) is 10.0. The van der Waals surface area contributed by atoms with E-state index < -0.39 is 59.4 Å². The van der Waals surface area contributed by atoms with Crippen molar-refractivity contribution >= 4 is 76.2 Å². The molecule has 0 aliphatic carbocycles. The number of nitrogens with two attached hydrogens (primary N) is 1. The zero-order chi connectivity index (χ0) is 32.8. The predicted octanol–water partition coefficient (Wildman–Crippen LogP) is 2.04. The number of Topliss-reactive ketones (excluding diaryl/α,β-unsaturated/α-hetero) is 1. The third kappa shape index (κ3) is 8.26. The van der Waals surface area contributed by atoms with E-state index in [-0.39, 0.29) is 16.8 Å².